The van der Waals surface area contributed by atoms with Crippen molar-refractivity contribution in [2.24, 2.45) is 0 Å². The fraction of sp³-hybridized carbons (Fsp3) is 0. The summed E-state index contributed by atoms with van der Waals surface area (Å²) >= 11 is 3.11. The Hall–Kier alpha value is -5.68. The first-order valence-electron chi connectivity index (χ1n) is 15.9. The van der Waals surface area contributed by atoms with E-state index in [1.807, 2.05) is 11.7 Å². The van der Waals surface area contributed by atoms with E-state index in [1.165, 1.54) is 83.1 Å². The molecule has 7 aromatic carbocycles. The molecular formula is C44H28N2S2. The minimum absolute atomic E-state index is 1.01. The first-order valence-corrected chi connectivity index (χ1v) is 17.7. The molecule has 0 saturated heterocycles. The molecule has 2 nitrogen and oxygen atoms in total. The van der Waals surface area contributed by atoms with Gasteiger partial charge in [-0.2, -0.15) is 0 Å². The molecule has 0 aliphatic carbocycles. The summed E-state index contributed by atoms with van der Waals surface area (Å²) in [5.74, 6) is 0. The standard InChI is InChI=1S/C44H28N2S2/c1-2-10-29(11-3-1)36-16-4-5-17-37(36)31-20-21-40-41(24-31)44(33-14-8-12-30(22-33)35-25-46-48-26-35)39-19-7-6-18-38(39)43(40)34-15-9-13-32(23-34)42-27-47-28-45-42/h1-28H. The lowest BCUT2D eigenvalue weighted by Gasteiger charge is -2.20. The molecule has 9 rings (SSSR count). The van der Waals surface area contributed by atoms with Gasteiger partial charge in [-0.15, -0.1) is 11.3 Å². The van der Waals surface area contributed by atoms with Crippen LogP contribution in [-0.4, -0.2) is 9.36 Å². The van der Waals surface area contributed by atoms with E-state index in [0.29, 0.717) is 0 Å². The Morgan fingerprint density at radius 2 is 1.00 bits per heavy atom. The van der Waals surface area contributed by atoms with Gasteiger partial charge in [-0.25, -0.2) is 9.36 Å². The number of benzene rings is 7. The van der Waals surface area contributed by atoms with Crippen LogP contribution in [0.4, 0.5) is 0 Å². The SMILES string of the molecule is c1ccc(-c2ccccc2-c2ccc3c(-c4cccc(-c5cscn5)c4)c4ccccc4c(-c4cccc(-c5cnsc5)c4)c3c2)cc1. The van der Waals surface area contributed by atoms with Crippen LogP contribution in [-0.2, 0) is 0 Å². The third-order valence-electron chi connectivity index (χ3n) is 9.14. The summed E-state index contributed by atoms with van der Waals surface area (Å²) in [5, 5.41) is 9.15. The lowest BCUT2D eigenvalue weighted by Crippen LogP contribution is -1.93. The number of fused-ring (bicyclic) bond motifs is 2. The van der Waals surface area contributed by atoms with Crippen LogP contribution in [0, 0.1) is 0 Å². The molecule has 2 heterocycles. The second-order valence-electron chi connectivity index (χ2n) is 11.9. The van der Waals surface area contributed by atoms with Crippen molar-refractivity contribution in [2.45, 2.75) is 0 Å². The molecule has 9 aromatic rings. The molecule has 0 atom stereocenters. The maximum absolute atomic E-state index is 4.62. The zero-order valence-corrected chi connectivity index (χ0v) is 27.5. The average molecular weight is 649 g/mol. The third kappa shape index (κ3) is 5.03. The Kier molecular flexibility index (Phi) is 7.23. The maximum Gasteiger partial charge on any atom is 0.0811 e. The van der Waals surface area contributed by atoms with Crippen molar-refractivity contribution in [1.82, 2.24) is 9.36 Å². The fourth-order valence-electron chi connectivity index (χ4n) is 6.96. The second kappa shape index (κ2) is 12.2. The van der Waals surface area contributed by atoms with Gasteiger partial charge in [0.15, 0.2) is 0 Å². The molecule has 0 aliphatic rings. The van der Waals surface area contributed by atoms with E-state index in [-0.39, 0.29) is 0 Å². The molecule has 0 N–H and O–H groups in total. The summed E-state index contributed by atoms with van der Waals surface area (Å²) in [6, 6.07) is 53.1. The molecule has 2 aromatic heterocycles. The highest BCUT2D eigenvalue weighted by Gasteiger charge is 2.19. The van der Waals surface area contributed by atoms with Gasteiger partial charge in [0.1, 0.15) is 0 Å². The monoisotopic (exact) mass is 648 g/mol. The minimum Gasteiger partial charge on any atom is -0.245 e. The number of hydrogen-bond acceptors (Lipinski definition) is 4. The van der Waals surface area contributed by atoms with Gasteiger partial charge in [0.05, 0.1) is 11.2 Å². The Labute approximate surface area is 287 Å². The number of nitrogens with zero attached hydrogens (tertiary/aromatic N) is 2. The van der Waals surface area contributed by atoms with Crippen LogP contribution in [0.1, 0.15) is 0 Å². The lowest BCUT2D eigenvalue weighted by atomic mass is 9.83. The van der Waals surface area contributed by atoms with Crippen molar-refractivity contribution in [1.29, 1.82) is 0 Å². The van der Waals surface area contributed by atoms with Crippen molar-refractivity contribution in [3.05, 3.63) is 168 Å². The van der Waals surface area contributed by atoms with E-state index < -0.39 is 0 Å². The van der Waals surface area contributed by atoms with E-state index in [1.54, 1.807) is 11.3 Å². The lowest BCUT2D eigenvalue weighted by molar-refractivity contribution is 1.41. The molecule has 4 heteroatoms. The van der Waals surface area contributed by atoms with Crippen LogP contribution in [0.25, 0.3) is 88.4 Å². The van der Waals surface area contributed by atoms with E-state index in [9.17, 15) is 0 Å². The van der Waals surface area contributed by atoms with Crippen LogP contribution in [0.2, 0.25) is 0 Å². The fourth-order valence-corrected chi connectivity index (χ4v) is 8.07. The van der Waals surface area contributed by atoms with Crippen molar-refractivity contribution >= 4 is 44.4 Å². The van der Waals surface area contributed by atoms with Gasteiger partial charge in [0.25, 0.3) is 0 Å². The van der Waals surface area contributed by atoms with Gasteiger partial charge in [-0.05, 0) is 101 Å². The van der Waals surface area contributed by atoms with Crippen LogP contribution in [0.5, 0.6) is 0 Å². The topological polar surface area (TPSA) is 25.8 Å². The predicted octanol–water partition coefficient (Wildman–Crippen LogP) is 12.9. The summed E-state index contributed by atoms with van der Waals surface area (Å²) in [4.78, 5) is 4.62. The number of aromatic nitrogens is 2. The predicted molar refractivity (Wildman–Crippen MR) is 205 cm³/mol. The highest BCUT2D eigenvalue weighted by Crippen LogP contribution is 2.46. The van der Waals surface area contributed by atoms with Gasteiger partial charge in [0.2, 0.25) is 0 Å². The molecule has 0 fully saturated rings. The van der Waals surface area contributed by atoms with Crippen LogP contribution in [0.15, 0.2) is 168 Å². The van der Waals surface area contributed by atoms with E-state index in [0.717, 1.165) is 16.8 Å². The molecule has 0 saturated carbocycles. The molecule has 0 unspecified atom stereocenters. The highest BCUT2D eigenvalue weighted by molar-refractivity contribution is 7.07. The van der Waals surface area contributed by atoms with E-state index in [4.69, 9.17) is 0 Å². The Morgan fingerprint density at radius 3 is 1.71 bits per heavy atom. The molecule has 226 valence electrons. The Balaban J connectivity index is 1.36. The minimum atomic E-state index is 1.01. The van der Waals surface area contributed by atoms with Crippen molar-refractivity contribution in [2.75, 3.05) is 0 Å². The number of hydrogen-bond donors (Lipinski definition) is 0. The van der Waals surface area contributed by atoms with E-state index >= 15 is 0 Å². The number of thiazole rings is 1. The van der Waals surface area contributed by atoms with Gasteiger partial charge in [-0.1, -0.05) is 127 Å². The van der Waals surface area contributed by atoms with Gasteiger partial charge < -0.3 is 0 Å². The quantitative estimate of drug-likeness (QED) is 0.168. The van der Waals surface area contributed by atoms with E-state index in [2.05, 4.69) is 166 Å². The zero-order valence-electron chi connectivity index (χ0n) is 25.9. The summed E-state index contributed by atoms with van der Waals surface area (Å²) in [6.45, 7) is 0. The Bertz CT molecular complexity index is 2550. The van der Waals surface area contributed by atoms with Gasteiger partial charge in [0, 0.05) is 28.1 Å². The maximum atomic E-state index is 4.62. The highest BCUT2D eigenvalue weighted by atomic mass is 32.1. The molecule has 48 heavy (non-hydrogen) atoms. The molecule has 0 radical (unpaired) electrons. The summed E-state index contributed by atoms with van der Waals surface area (Å²) in [6.07, 6.45) is 1.96. The first kappa shape index (κ1) is 28.5. The summed E-state index contributed by atoms with van der Waals surface area (Å²) in [7, 11) is 0. The summed E-state index contributed by atoms with van der Waals surface area (Å²) in [5.41, 5.74) is 16.0. The normalized spacial score (nSPS) is 11.3. The second-order valence-corrected chi connectivity index (χ2v) is 13.3. The van der Waals surface area contributed by atoms with Crippen molar-refractivity contribution < 1.29 is 0 Å². The smallest absolute Gasteiger partial charge is 0.0811 e. The molecular weight excluding hydrogens is 621 g/mol. The first-order chi connectivity index (χ1) is 23.8. The van der Waals surface area contributed by atoms with Crippen molar-refractivity contribution in [3.63, 3.8) is 0 Å². The van der Waals surface area contributed by atoms with Crippen LogP contribution in [0.3, 0.4) is 0 Å². The molecule has 0 bridgehead atoms. The third-order valence-corrected chi connectivity index (χ3v) is 10.3. The number of rotatable bonds is 6. The average Bonchev–Trinajstić information content (AvgIpc) is 3.90. The van der Waals surface area contributed by atoms with Crippen molar-refractivity contribution in [3.8, 4) is 66.9 Å². The van der Waals surface area contributed by atoms with Gasteiger partial charge in [-0.3, -0.25) is 0 Å². The van der Waals surface area contributed by atoms with Crippen LogP contribution >= 0.6 is 22.9 Å². The van der Waals surface area contributed by atoms with Crippen LogP contribution < -0.4 is 0 Å². The Morgan fingerprint density at radius 1 is 0.396 bits per heavy atom. The molecule has 0 spiro atoms. The zero-order chi connectivity index (χ0) is 31.9. The molecule has 0 aliphatic heterocycles. The molecule has 0 amide bonds. The largest absolute Gasteiger partial charge is 0.245 e. The van der Waals surface area contributed by atoms with Gasteiger partial charge >= 0.3 is 0 Å². The summed E-state index contributed by atoms with van der Waals surface area (Å²) < 4.78 is 4.39.